The standard InChI is InChI=1S/C43H30N2/c1-29-13-5-9-19-38(29)44-42-25-23-31(30-14-3-2-4-15-30)27-36(42)37-28-32(24-26-43(37)44)33-16-6-10-20-39(33)45-40-21-11-7-17-34(40)35-18-8-12-22-41(35)45/h2-28H,1H3. The van der Waals surface area contributed by atoms with E-state index in [2.05, 4.69) is 180 Å². The van der Waals surface area contributed by atoms with Crippen LogP contribution >= 0.6 is 0 Å². The lowest BCUT2D eigenvalue weighted by Crippen LogP contribution is -1.97. The van der Waals surface area contributed by atoms with Crippen molar-refractivity contribution in [3.05, 3.63) is 169 Å². The molecule has 0 amide bonds. The number of hydrogen-bond donors (Lipinski definition) is 0. The lowest BCUT2D eigenvalue weighted by Gasteiger charge is -2.15. The molecule has 9 aromatic rings. The molecule has 2 nitrogen and oxygen atoms in total. The minimum atomic E-state index is 1.18. The Balaban J connectivity index is 1.33. The first-order chi connectivity index (χ1) is 22.3. The van der Waals surface area contributed by atoms with Crippen LogP contribution < -0.4 is 0 Å². The Bertz CT molecular complexity index is 2490. The zero-order chi connectivity index (χ0) is 29.9. The fourth-order valence-electron chi connectivity index (χ4n) is 7.17. The zero-order valence-electron chi connectivity index (χ0n) is 25.0. The van der Waals surface area contributed by atoms with Crippen LogP contribution in [0.5, 0.6) is 0 Å². The predicted octanol–water partition coefficient (Wildman–Crippen LogP) is 11.5. The Morgan fingerprint density at radius 3 is 1.51 bits per heavy atom. The highest BCUT2D eigenvalue weighted by molar-refractivity contribution is 6.13. The van der Waals surface area contributed by atoms with Gasteiger partial charge in [0.2, 0.25) is 0 Å². The van der Waals surface area contributed by atoms with E-state index in [0.717, 1.165) is 0 Å². The third kappa shape index (κ3) is 3.96. The molecule has 45 heavy (non-hydrogen) atoms. The summed E-state index contributed by atoms with van der Waals surface area (Å²) in [7, 11) is 0. The number of fused-ring (bicyclic) bond motifs is 6. The molecule has 2 heterocycles. The fourth-order valence-corrected chi connectivity index (χ4v) is 7.17. The van der Waals surface area contributed by atoms with Crippen molar-refractivity contribution >= 4 is 43.6 Å². The molecule has 2 aromatic heterocycles. The van der Waals surface area contributed by atoms with Crippen molar-refractivity contribution in [2.24, 2.45) is 0 Å². The lowest BCUT2D eigenvalue weighted by molar-refractivity contribution is 1.15. The predicted molar refractivity (Wildman–Crippen MR) is 191 cm³/mol. The third-order valence-corrected chi connectivity index (χ3v) is 9.26. The van der Waals surface area contributed by atoms with E-state index in [9.17, 15) is 0 Å². The van der Waals surface area contributed by atoms with E-state index < -0.39 is 0 Å². The van der Waals surface area contributed by atoms with E-state index in [0.29, 0.717) is 0 Å². The molecular weight excluding hydrogens is 544 g/mol. The van der Waals surface area contributed by atoms with Gasteiger partial charge in [-0.25, -0.2) is 0 Å². The summed E-state index contributed by atoms with van der Waals surface area (Å²) in [5, 5.41) is 5.05. The number of hydrogen-bond acceptors (Lipinski definition) is 0. The smallest absolute Gasteiger partial charge is 0.0541 e. The van der Waals surface area contributed by atoms with Crippen molar-refractivity contribution in [3.63, 3.8) is 0 Å². The second kappa shape index (κ2) is 10.1. The highest BCUT2D eigenvalue weighted by Crippen LogP contribution is 2.40. The van der Waals surface area contributed by atoms with Gasteiger partial charge in [0.05, 0.1) is 27.8 Å². The van der Waals surface area contributed by atoms with Gasteiger partial charge in [-0.15, -0.1) is 0 Å². The maximum absolute atomic E-state index is 2.43. The van der Waals surface area contributed by atoms with E-state index in [1.54, 1.807) is 0 Å². The van der Waals surface area contributed by atoms with Gasteiger partial charge in [0, 0.05) is 32.8 Å². The van der Waals surface area contributed by atoms with Gasteiger partial charge in [-0.3, -0.25) is 0 Å². The fraction of sp³-hybridized carbons (Fsp3) is 0.0233. The van der Waals surface area contributed by atoms with Crippen LogP contribution in [-0.2, 0) is 0 Å². The van der Waals surface area contributed by atoms with Gasteiger partial charge in [0.15, 0.2) is 0 Å². The minimum absolute atomic E-state index is 1.18. The summed E-state index contributed by atoms with van der Waals surface area (Å²) in [6.45, 7) is 2.20. The SMILES string of the molecule is Cc1ccccc1-n1c2ccc(-c3ccccc3)cc2c2cc(-c3ccccc3-n3c4ccccc4c4ccccc43)ccc21. The molecule has 9 rings (SSSR count). The van der Waals surface area contributed by atoms with Crippen LogP contribution in [0.3, 0.4) is 0 Å². The molecular formula is C43H30N2. The Kier molecular flexibility index (Phi) is 5.76. The number of benzene rings is 7. The molecule has 0 aliphatic rings. The first-order valence-electron chi connectivity index (χ1n) is 15.5. The van der Waals surface area contributed by atoms with Crippen LogP contribution in [0.2, 0.25) is 0 Å². The Hall–Kier alpha value is -5.86. The molecule has 0 unspecified atom stereocenters. The van der Waals surface area contributed by atoms with Crippen molar-refractivity contribution in [3.8, 4) is 33.6 Å². The number of rotatable bonds is 4. The van der Waals surface area contributed by atoms with Crippen LogP contribution in [0.15, 0.2) is 164 Å². The normalized spacial score (nSPS) is 11.7. The molecule has 2 heteroatoms. The molecule has 0 aliphatic heterocycles. The van der Waals surface area contributed by atoms with Crippen LogP contribution in [0.25, 0.3) is 77.2 Å². The van der Waals surface area contributed by atoms with Crippen LogP contribution in [0, 0.1) is 6.92 Å². The average molecular weight is 575 g/mol. The Morgan fingerprint density at radius 1 is 0.333 bits per heavy atom. The summed E-state index contributed by atoms with van der Waals surface area (Å²) in [5.41, 5.74) is 13.4. The summed E-state index contributed by atoms with van der Waals surface area (Å²) >= 11 is 0. The van der Waals surface area contributed by atoms with E-state index in [1.165, 1.54) is 82.8 Å². The van der Waals surface area contributed by atoms with E-state index in [1.807, 2.05) is 0 Å². The van der Waals surface area contributed by atoms with Crippen molar-refractivity contribution < 1.29 is 0 Å². The molecule has 7 aromatic carbocycles. The molecule has 0 N–H and O–H groups in total. The summed E-state index contributed by atoms with van der Waals surface area (Å²) in [4.78, 5) is 0. The molecule has 0 spiro atoms. The maximum atomic E-state index is 2.43. The number of aromatic nitrogens is 2. The number of para-hydroxylation sites is 4. The van der Waals surface area contributed by atoms with Gasteiger partial charge >= 0.3 is 0 Å². The van der Waals surface area contributed by atoms with E-state index in [-0.39, 0.29) is 0 Å². The van der Waals surface area contributed by atoms with E-state index in [4.69, 9.17) is 0 Å². The summed E-state index contributed by atoms with van der Waals surface area (Å²) in [6, 6.07) is 59.5. The van der Waals surface area contributed by atoms with Crippen molar-refractivity contribution in [1.82, 2.24) is 9.13 Å². The van der Waals surface area contributed by atoms with E-state index >= 15 is 0 Å². The summed E-state index contributed by atoms with van der Waals surface area (Å²) in [6.07, 6.45) is 0. The van der Waals surface area contributed by atoms with Gasteiger partial charge in [-0.2, -0.15) is 0 Å². The quantitative estimate of drug-likeness (QED) is 0.198. The topological polar surface area (TPSA) is 9.86 Å². The molecule has 0 atom stereocenters. The van der Waals surface area contributed by atoms with Crippen molar-refractivity contribution in [2.45, 2.75) is 6.92 Å². The molecule has 212 valence electrons. The van der Waals surface area contributed by atoms with Gasteiger partial charge in [-0.1, -0.05) is 115 Å². The average Bonchev–Trinajstić information content (AvgIpc) is 3.61. The first-order valence-corrected chi connectivity index (χ1v) is 15.5. The number of nitrogens with zero attached hydrogens (tertiary/aromatic N) is 2. The van der Waals surface area contributed by atoms with Gasteiger partial charge in [-0.05, 0) is 77.7 Å². The molecule has 0 radical (unpaired) electrons. The van der Waals surface area contributed by atoms with Crippen molar-refractivity contribution in [2.75, 3.05) is 0 Å². The molecule has 0 aliphatic carbocycles. The molecule has 0 bridgehead atoms. The highest BCUT2D eigenvalue weighted by atomic mass is 15.0. The van der Waals surface area contributed by atoms with Crippen LogP contribution in [0.1, 0.15) is 5.56 Å². The van der Waals surface area contributed by atoms with Crippen LogP contribution in [-0.4, -0.2) is 9.13 Å². The van der Waals surface area contributed by atoms with Crippen LogP contribution in [0.4, 0.5) is 0 Å². The molecule has 0 saturated carbocycles. The first kappa shape index (κ1) is 25.6. The monoisotopic (exact) mass is 574 g/mol. The highest BCUT2D eigenvalue weighted by Gasteiger charge is 2.18. The maximum Gasteiger partial charge on any atom is 0.0541 e. The number of aryl methyl sites for hydroxylation is 1. The third-order valence-electron chi connectivity index (χ3n) is 9.26. The van der Waals surface area contributed by atoms with Gasteiger partial charge in [0.1, 0.15) is 0 Å². The molecule has 0 saturated heterocycles. The van der Waals surface area contributed by atoms with Gasteiger partial charge in [0.25, 0.3) is 0 Å². The summed E-state index contributed by atoms with van der Waals surface area (Å²) < 4.78 is 4.85. The second-order valence-electron chi connectivity index (χ2n) is 11.8. The minimum Gasteiger partial charge on any atom is -0.309 e. The largest absolute Gasteiger partial charge is 0.309 e. The zero-order valence-corrected chi connectivity index (χ0v) is 25.0. The Labute approximate surface area is 262 Å². The second-order valence-corrected chi connectivity index (χ2v) is 11.8. The van der Waals surface area contributed by atoms with Crippen molar-refractivity contribution in [1.29, 1.82) is 0 Å². The molecule has 0 fully saturated rings. The lowest BCUT2D eigenvalue weighted by atomic mass is 9.99. The summed E-state index contributed by atoms with van der Waals surface area (Å²) in [5.74, 6) is 0. The van der Waals surface area contributed by atoms with Gasteiger partial charge < -0.3 is 9.13 Å². The Morgan fingerprint density at radius 2 is 0.822 bits per heavy atom.